The maximum absolute atomic E-state index is 12.4. The number of carbonyl (C=O) groups is 1. The van der Waals surface area contributed by atoms with Gasteiger partial charge in [0.2, 0.25) is 5.95 Å². The van der Waals surface area contributed by atoms with E-state index in [2.05, 4.69) is 16.0 Å². The smallest absolute Gasteiger partial charge is 0.319 e. The van der Waals surface area contributed by atoms with Crippen molar-refractivity contribution in [2.24, 2.45) is 5.92 Å². The average molecular weight is 556 g/mol. The minimum Gasteiger partial charge on any atom is -0.362 e. The van der Waals surface area contributed by atoms with Crippen molar-refractivity contribution in [3.8, 4) is 0 Å². The molecule has 7 nitrogen and oxygen atoms in total. The molecular weight excluding hydrogens is 530 g/mol. The maximum atomic E-state index is 12.4. The number of benzene rings is 2. The first-order chi connectivity index (χ1) is 16.7. The summed E-state index contributed by atoms with van der Waals surface area (Å²) in [7, 11) is 3.96. The van der Waals surface area contributed by atoms with Crippen LogP contribution >= 0.6 is 46.4 Å². The number of aromatic nitrogens is 2. The molecule has 35 heavy (non-hydrogen) atoms. The highest BCUT2D eigenvalue weighted by molar-refractivity contribution is 6.50. The fraction of sp³-hybridized carbons (Fsp3) is 0.375. The topological polar surface area (TPSA) is 82.2 Å². The first-order valence-electron chi connectivity index (χ1n) is 11.3. The van der Waals surface area contributed by atoms with E-state index in [1.54, 1.807) is 0 Å². The Morgan fingerprint density at radius 2 is 1.66 bits per heavy atom. The fourth-order valence-corrected chi connectivity index (χ4v) is 5.14. The summed E-state index contributed by atoms with van der Waals surface area (Å²) in [6.07, 6.45) is 3.86. The molecule has 1 saturated carbocycles. The van der Waals surface area contributed by atoms with Crippen LogP contribution in [-0.4, -0.2) is 42.7 Å². The van der Waals surface area contributed by atoms with Crippen LogP contribution in [0.25, 0.3) is 10.9 Å². The van der Waals surface area contributed by atoms with E-state index in [-0.39, 0.29) is 31.8 Å². The van der Waals surface area contributed by atoms with Crippen molar-refractivity contribution in [1.29, 1.82) is 0 Å². The van der Waals surface area contributed by atoms with Crippen LogP contribution in [0.2, 0.25) is 20.1 Å². The predicted octanol–water partition coefficient (Wildman–Crippen LogP) is 7.10. The molecule has 1 heterocycles. The number of anilines is 3. The van der Waals surface area contributed by atoms with E-state index in [1.165, 1.54) is 6.07 Å². The van der Waals surface area contributed by atoms with E-state index < -0.39 is 6.03 Å². The van der Waals surface area contributed by atoms with E-state index >= 15 is 0 Å². The van der Waals surface area contributed by atoms with Crippen molar-refractivity contribution in [1.82, 2.24) is 15.3 Å². The number of carbonyl (C=O) groups excluding carboxylic acids is 1. The van der Waals surface area contributed by atoms with Gasteiger partial charge >= 0.3 is 6.03 Å². The van der Waals surface area contributed by atoms with E-state index in [1.807, 2.05) is 43.3 Å². The Hall–Kier alpha value is -2.19. The van der Waals surface area contributed by atoms with E-state index in [0.29, 0.717) is 18.4 Å². The number of para-hydroxylation sites is 1. The zero-order chi connectivity index (χ0) is 25.1. The van der Waals surface area contributed by atoms with Crippen molar-refractivity contribution in [3.63, 3.8) is 0 Å². The zero-order valence-corrected chi connectivity index (χ0v) is 22.4. The highest BCUT2D eigenvalue weighted by Crippen LogP contribution is 2.41. The number of halogens is 4. The molecule has 0 bridgehead atoms. The van der Waals surface area contributed by atoms with Crippen molar-refractivity contribution >= 4 is 80.8 Å². The molecule has 3 N–H and O–H groups in total. The van der Waals surface area contributed by atoms with Crippen LogP contribution in [0.15, 0.2) is 30.3 Å². The fourth-order valence-electron chi connectivity index (χ4n) is 4.24. The second kappa shape index (κ2) is 11.2. The van der Waals surface area contributed by atoms with Crippen molar-refractivity contribution in [2.45, 2.75) is 31.7 Å². The first-order valence-corrected chi connectivity index (χ1v) is 12.8. The van der Waals surface area contributed by atoms with Crippen LogP contribution in [0.4, 0.5) is 22.2 Å². The Morgan fingerprint density at radius 1 is 1.00 bits per heavy atom. The van der Waals surface area contributed by atoms with Crippen molar-refractivity contribution in [3.05, 3.63) is 50.4 Å². The minimum absolute atomic E-state index is 0.149. The monoisotopic (exact) mass is 554 g/mol. The molecule has 3 aromatic rings. The van der Waals surface area contributed by atoms with Crippen LogP contribution in [0.3, 0.4) is 0 Å². The lowest BCUT2D eigenvalue weighted by atomic mass is 9.86. The lowest BCUT2D eigenvalue weighted by molar-refractivity contribution is 0.246. The van der Waals surface area contributed by atoms with Gasteiger partial charge < -0.3 is 20.9 Å². The Bertz CT molecular complexity index is 1200. The molecule has 1 aromatic heterocycles. The standard InChI is InChI=1S/C24H26Cl4N6O/c1-34(2)22-15-5-3-4-6-18(15)31-23(33-22)30-14-9-7-13(8-10-14)12-29-24(35)32-21-19(27)16(25)11-17(26)20(21)28/h3-6,11,13-14H,7-10,12H2,1-2H3,(H2,29,32,35)(H,30,31,33). The molecule has 0 spiro atoms. The molecule has 186 valence electrons. The molecular formula is C24H26Cl4N6O. The van der Waals surface area contributed by atoms with Gasteiger partial charge in [-0.05, 0) is 49.8 Å². The summed E-state index contributed by atoms with van der Waals surface area (Å²) < 4.78 is 0. The number of nitrogens with one attached hydrogen (secondary N) is 3. The Labute approximate surface area is 224 Å². The molecule has 11 heteroatoms. The maximum Gasteiger partial charge on any atom is 0.319 e. The first kappa shape index (κ1) is 25.9. The summed E-state index contributed by atoms with van der Waals surface area (Å²) in [5.41, 5.74) is 1.11. The second-order valence-electron chi connectivity index (χ2n) is 8.82. The van der Waals surface area contributed by atoms with Gasteiger partial charge in [-0.3, -0.25) is 0 Å². The predicted molar refractivity (Wildman–Crippen MR) is 147 cm³/mol. The van der Waals surface area contributed by atoms with E-state index in [4.69, 9.17) is 56.4 Å². The minimum atomic E-state index is -0.409. The number of nitrogens with zero attached hydrogens (tertiary/aromatic N) is 3. The van der Waals surface area contributed by atoms with Gasteiger partial charge in [0.15, 0.2) is 0 Å². The lowest BCUT2D eigenvalue weighted by Gasteiger charge is -2.29. The Morgan fingerprint density at radius 3 is 2.31 bits per heavy atom. The summed E-state index contributed by atoms with van der Waals surface area (Å²) in [5, 5.41) is 10.8. The number of urea groups is 1. The van der Waals surface area contributed by atoms with Crippen molar-refractivity contribution < 1.29 is 4.79 Å². The van der Waals surface area contributed by atoms with Crippen molar-refractivity contribution in [2.75, 3.05) is 36.2 Å². The van der Waals surface area contributed by atoms with Gasteiger partial charge in [0, 0.05) is 32.1 Å². The van der Waals surface area contributed by atoms with Crippen LogP contribution in [0.5, 0.6) is 0 Å². The number of fused-ring (bicyclic) bond motifs is 1. The quantitative estimate of drug-likeness (QED) is 0.282. The molecule has 0 radical (unpaired) electrons. The van der Waals surface area contributed by atoms with Crippen LogP contribution in [-0.2, 0) is 0 Å². The van der Waals surface area contributed by atoms with Crippen LogP contribution in [0, 0.1) is 5.92 Å². The van der Waals surface area contributed by atoms with Gasteiger partial charge in [-0.2, -0.15) is 4.98 Å². The lowest BCUT2D eigenvalue weighted by Crippen LogP contribution is -2.36. The average Bonchev–Trinajstić information content (AvgIpc) is 2.84. The Balaban J connectivity index is 1.30. The molecule has 0 atom stereocenters. The van der Waals surface area contributed by atoms with Gasteiger partial charge in [0.1, 0.15) is 5.82 Å². The third-order valence-corrected chi connectivity index (χ3v) is 7.66. The summed E-state index contributed by atoms with van der Waals surface area (Å²) in [6.45, 7) is 0.541. The number of amides is 2. The van der Waals surface area contributed by atoms with Crippen LogP contribution in [0.1, 0.15) is 25.7 Å². The summed E-state index contributed by atoms with van der Waals surface area (Å²) >= 11 is 24.4. The molecule has 2 aromatic carbocycles. The van der Waals surface area contributed by atoms with Gasteiger partial charge in [-0.25, -0.2) is 9.78 Å². The summed E-state index contributed by atoms with van der Waals surface area (Å²) in [5.74, 6) is 1.90. The Kier molecular flexibility index (Phi) is 8.32. The third kappa shape index (κ3) is 6.15. The van der Waals surface area contributed by atoms with Gasteiger partial charge in [0.25, 0.3) is 0 Å². The largest absolute Gasteiger partial charge is 0.362 e. The molecule has 1 fully saturated rings. The second-order valence-corrected chi connectivity index (χ2v) is 10.4. The molecule has 0 saturated heterocycles. The summed E-state index contributed by atoms with van der Waals surface area (Å²) in [6, 6.07) is 9.32. The zero-order valence-electron chi connectivity index (χ0n) is 19.3. The summed E-state index contributed by atoms with van der Waals surface area (Å²) in [4.78, 5) is 23.9. The molecule has 1 aliphatic carbocycles. The van der Waals surface area contributed by atoms with E-state index in [0.717, 1.165) is 42.4 Å². The van der Waals surface area contributed by atoms with E-state index in [9.17, 15) is 4.79 Å². The third-order valence-electron chi connectivity index (χ3n) is 6.09. The molecule has 1 aliphatic rings. The molecule has 4 rings (SSSR count). The number of hydrogen-bond donors (Lipinski definition) is 3. The number of rotatable bonds is 6. The van der Waals surface area contributed by atoms with Gasteiger partial charge in [-0.1, -0.05) is 58.5 Å². The highest BCUT2D eigenvalue weighted by atomic mass is 35.5. The normalized spacial score (nSPS) is 17.8. The SMILES string of the molecule is CN(C)c1nc(NC2CCC(CNC(=O)Nc3c(Cl)c(Cl)cc(Cl)c3Cl)CC2)nc2ccccc12. The number of hydrogen-bond acceptors (Lipinski definition) is 5. The van der Waals surface area contributed by atoms with Gasteiger partial charge in [0.05, 0.1) is 31.3 Å². The van der Waals surface area contributed by atoms with Crippen LogP contribution < -0.4 is 20.9 Å². The van der Waals surface area contributed by atoms with Gasteiger partial charge in [-0.15, -0.1) is 0 Å². The molecule has 0 aliphatic heterocycles. The molecule has 0 unspecified atom stereocenters. The highest BCUT2D eigenvalue weighted by Gasteiger charge is 2.23. The molecule has 2 amide bonds.